The summed E-state index contributed by atoms with van der Waals surface area (Å²) in [5, 5.41) is 3.34. The molecule has 0 amide bonds. The summed E-state index contributed by atoms with van der Waals surface area (Å²) in [6.45, 7) is 0.552. The number of aromatic nitrogens is 2. The van der Waals surface area contributed by atoms with Crippen molar-refractivity contribution in [1.29, 1.82) is 0 Å². The minimum absolute atomic E-state index is 0.506. The first-order valence-corrected chi connectivity index (χ1v) is 8.33. The summed E-state index contributed by atoms with van der Waals surface area (Å²) in [6, 6.07) is 9.43. The molecule has 2 fully saturated rings. The molecule has 1 aromatic carbocycles. The van der Waals surface area contributed by atoms with E-state index in [0.29, 0.717) is 24.6 Å². The second-order valence-corrected chi connectivity index (χ2v) is 6.45. The number of nitrogens with zero attached hydrogens (tertiary/aromatic N) is 3. The lowest BCUT2D eigenvalue weighted by Gasteiger charge is -2.12. The number of nitrogens with one attached hydrogen (secondary N) is 1. The average Bonchev–Trinajstić information content (AvgIpc) is 3.10. The van der Waals surface area contributed by atoms with Crippen molar-refractivity contribution in [3.8, 4) is 0 Å². The van der Waals surface area contributed by atoms with Crippen molar-refractivity contribution in [3.63, 3.8) is 0 Å². The van der Waals surface area contributed by atoms with E-state index in [0.717, 1.165) is 11.3 Å². The highest BCUT2D eigenvalue weighted by molar-refractivity contribution is 5.78. The zero-order valence-corrected chi connectivity index (χ0v) is 12.8. The molecule has 116 valence electrons. The van der Waals surface area contributed by atoms with E-state index in [4.69, 9.17) is 10.7 Å². The summed E-state index contributed by atoms with van der Waals surface area (Å²) < 4.78 is 2.35. The second-order valence-electron chi connectivity index (χ2n) is 6.45. The minimum Gasteiger partial charge on any atom is -0.370 e. The number of benzene rings is 1. The smallest absolute Gasteiger partial charge is 0.189 e. The van der Waals surface area contributed by atoms with Gasteiger partial charge in [-0.1, -0.05) is 25.0 Å². The van der Waals surface area contributed by atoms with Gasteiger partial charge in [-0.05, 0) is 37.8 Å². The number of rotatable bonds is 4. The maximum Gasteiger partial charge on any atom is 0.189 e. The van der Waals surface area contributed by atoms with Crippen molar-refractivity contribution in [1.82, 2.24) is 14.9 Å². The van der Waals surface area contributed by atoms with Crippen molar-refractivity contribution in [3.05, 3.63) is 30.1 Å². The Morgan fingerprint density at radius 1 is 1.23 bits per heavy atom. The molecule has 0 spiro atoms. The fraction of sp³-hybridized carbons (Fsp3) is 0.529. The van der Waals surface area contributed by atoms with Gasteiger partial charge in [0.15, 0.2) is 5.96 Å². The molecular weight excluding hydrogens is 274 g/mol. The molecule has 3 N–H and O–H groups in total. The summed E-state index contributed by atoms with van der Waals surface area (Å²) in [6.07, 6.45) is 7.48. The Bertz CT molecular complexity index is 692. The van der Waals surface area contributed by atoms with Gasteiger partial charge in [0.1, 0.15) is 12.4 Å². The maximum atomic E-state index is 6.04. The molecule has 0 unspecified atom stereocenters. The first-order valence-electron chi connectivity index (χ1n) is 8.33. The Labute approximate surface area is 130 Å². The van der Waals surface area contributed by atoms with Crippen LogP contribution in [0.1, 0.15) is 50.4 Å². The highest BCUT2D eigenvalue weighted by Crippen LogP contribution is 2.38. The van der Waals surface area contributed by atoms with E-state index in [-0.39, 0.29) is 0 Å². The topological polar surface area (TPSA) is 68.2 Å². The minimum atomic E-state index is 0.506. The van der Waals surface area contributed by atoms with Crippen LogP contribution >= 0.6 is 0 Å². The van der Waals surface area contributed by atoms with E-state index < -0.39 is 0 Å². The Morgan fingerprint density at radius 3 is 2.77 bits per heavy atom. The molecule has 2 aliphatic rings. The average molecular weight is 297 g/mol. The molecule has 0 atom stereocenters. The molecule has 5 nitrogen and oxygen atoms in total. The van der Waals surface area contributed by atoms with Gasteiger partial charge >= 0.3 is 0 Å². The van der Waals surface area contributed by atoms with Crippen LogP contribution < -0.4 is 11.1 Å². The van der Waals surface area contributed by atoms with Crippen LogP contribution in [0.15, 0.2) is 29.3 Å². The van der Waals surface area contributed by atoms with Crippen molar-refractivity contribution < 1.29 is 0 Å². The van der Waals surface area contributed by atoms with Crippen molar-refractivity contribution >= 4 is 17.0 Å². The Kier molecular flexibility index (Phi) is 3.48. The molecule has 0 aliphatic heterocycles. The van der Waals surface area contributed by atoms with Gasteiger partial charge in [-0.3, -0.25) is 0 Å². The van der Waals surface area contributed by atoms with Gasteiger partial charge in [0, 0.05) is 12.1 Å². The number of hydrogen-bond acceptors (Lipinski definition) is 2. The van der Waals surface area contributed by atoms with E-state index in [1.165, 1.54) is 44.0 Å². The van der Waals surface area contributed by atoms with Crippen LogP contribution in [0.3, 0.4) is 0 Å². The number of hydrogen-bond donors (Lipinski definition) is 2. The van der Waals surface area contributed by atoms with E-state index in [1.807, 2.05) is 6.07 Å². The number of guanidine groups is 1. The van der Waals surface area contributed by atoms with Crippen molar-refractivity contribution in [2.45, 2.75) is 57.2 Å². The number of fused-ring (bicyclic) bond motifs is 1. The summed E-state index contributed by atoms with van der Waals surface area (Å²) in [7, 11) is 0. The predicted octanol–water partition coefficient (Wildman–Crippen LogP) is 2.72. The van der Waals surface area contributed by atoms with Gasteiger partial charge in [0.25, 0.3) is 0 Å². The third-order valence-electron chi connectivity index (χ3n) is 4.68. The highest BCUT2D eigenvalue weighted by atomic mass is 15.2. The van der Waals surface area contributed by atoms with Crippen LogP contribution in [-0.4, -0.2) is 21.6 Å². The third-order valence-corrected chi connectivity index (χ3v) is 4.68. The van der Waals surface area contributed by atoms with E-state index in [2.05, 4.69) is 33.1 Å². The molecule has 2 aliphatic carbocycles. The standard InChI is InChI=1S/C17H23N5/c18-17(20-12-5-1-2-6-12)19-11-16-21-14-7-3-4-8-15(14)22(16)13-9-10-13/h3-4,7-8,12-13H,1-2,5-6,9-11H2,(H3,18,19,20). The van der Waals surface area contributed by atoms with Crippen molar-refractivity contribution in [2.24, 2.45) is 10.7 Å². The van der Waals surface area contributed by atoms with Gasteiger partial charge < -0.3 is 15.6 Å². The Morgan fingerprint density at radius 2 is 2.00 bits per heavy atom. The monoisotopic (exact) mass is 297 g/mol. The summed E-state index contributed by atoms with van der Waals surface area (Å²) in [5.41, 5.74) is 8.32. The molecule has 2 aromatic rings. The number of aliphatic imine (C=N–C) groups is 1. The molecule has 22 heavy (non-hydrogen) atoms. The first kappa shape index (κ1) is 13.6. The lowest BCUT2D eigenvalue weighted by molar-refractivity contribution is 0.623. The molecule has 0 radical (unpaired) electrons. The van der Waals surface area contributed by atoms with Crippen LogP contribution in [0, 0.1) is 0 Å². The third kappa shape index (κ3) is 2.67. The van der Waals surface area contributed by atoms with Gasteiger partial charge in [0.05, 0.1) is 11.0 Å². The fourth-order valence-corrected chi connectivity index (χ4v) is 3.43. The molecule has 0 bridgehead atoms. The number of imidazole rings is 1. The number of para-hydroxylation sites is 2. The summed E-state index contributed by atoms with van der Waals surface area (Å²) in [5.74, 6) is 1.58. The molecule has 1 aromatic heterocycles. The first-order chi connectivity index (χ1) is 10.8. The molecule has 4 rings (SSSR count). The van der Waals surface area contributed by atoms with Gasteiger partial charge in [-0.2, -0.15) is 0 Å². The zero-order valence-electron chi connectivity index (χ0n) is 12.8. The van der Waals surface area contributed by atoms with E-state index in [1.54, 1.807) is 0 Å². The predicted molar refractivity (Wildman–Crippen MR) is 88.7 cm³/mol. The van der Waals surface area contributed by atoms with Crippen LogP contribution in [0.4, 0.5) is 0 Å². The molecule has 0 saturated heterocycles. The van der Waals surface area contributed by atoms with Crippen molar-refractivity contribution in [2.75, 3.05) is 0 Å². The molecule has 1 heterocycles. The molecule has 5 heteroatoms. The SMILES string of the molecule is NC(=NCc1nc2ccccc2n1C1CC1)NC1CCCC1. The highest BCUT2D eigenvalue weighted by Gasteiger charge is 2.27. The largest absolute Gasteiger partial charge is 0.370 e. The van der Waals surface area contributed by atoms with E-state index >= 15 is 0 Å². The normalized spacial score (nSPS) is 19.9. The molecular formula is C17H23N5. The maximum absolute atomic E-state index is 6.04. The Balaban J connectivity index is 1.54. The van der Waals surface area contributed by atoms with E-state index in [9.17, 15) is 0 Å². The number of nitrogens with two attached hydrogens (primary N) is 1. The second kappa shape index (κ2) is 5.63. The summed E-state index contributed by atoms with van der Waals surface area (Å²) >= 11 is 0. The lowest BCUT2D eigenvalue weighted by Crippen LogP contribution is -2.38. The van der Waals surface area contributed by atoms with Crippen LogP contribution in [-0.2, 0) is 6.54 Å². The van der Waals surface area contributed by atoms with Crippen LogP contribution in [0.25, 0.3) is 11.0 Å². The van der Waals surface area contributed by atoms with Crippen LogP contribution in [0.2, 0.25) is 0 Å². The molecule has 2 saturated carbocycles. The van der Waals surface area contributed by atoms with Crippen LogP contribution in [0.5, 0.6) is 0 Å². The lowest BCUT2D eigenvalue weighted by atomic mass is 10.2. The van der Waals surface area contributed by atoms with Gasteiger partial charge in [-0.25, -0.2) is 9.98 Å². The van der Waals surface area contributed by atoms with Gasteiger partial charge in [0.2, 0.25) is 0 Å². The Hall–Kier alpha value is -2.04. The fourth-order valence-electron chi connectivity index (χ4n) is 3.43. The quantitative estimate of drug-likeness (QED) is 0.673. The summed E-state index contributed by atoms with van der Waals surface area (Å²) in [4.78, 5) is 9.27. The zero-order chi connectivity index (χ0) is 14.9. The van der Waals surface area contributed by atoms with Gasteiger partial charge in [-0.15, -0.1) is 0 Å².